The molecule has 1 aromatic heterocycles. The van der Waals surface area contributed by atoms with Crippen LogP contribution in [0.1, 0.15) is 57.9 Å². The molecule has 2 aromatic rings. The molecule has 3 nitrogen and oxygen atoms in total. The number of rotatable bonds is 2. The van der Waals surface area contributed by atoms with Gasteiger partial charge in [-0.3, -0.25) is 0 Å². The van der Waals surface area contributed by atoms with Crippen molar-refractivity contribution in [3.8, 4) is 0 Å². The highest BCUT2D eigenvalue weighted by Gasteiger charge is 2.68. The first-order valence-electron chi connectivity index (χ1n) is 10.9. The van der Waals surface area contributed by atoms with Crippen LogP contribution in [0.2, 0.25) is 0 Å². The zero-order chi connectivity index (χ0) is 21.9. The number of alkyl halides is 1. The maximum absolute atomic E-state index is 13.1. The average Bonchev–Trinajstić information content (AvgIpc) is 3.08. The van der Waals surface area contributed by atoms with E-state index in [1.54, 1.807) is 0 Å². The van der Waals surface area contributed by atoms with E-state index >= 15 is 0 Å². The maximum atomic E-state index is 13.1. The van der Waals surface area contributed by atoms with Crippen LogP contribution >= 0.6 is 11.6 Å². The number of aromatic amines is 1. The zero-order valence-corrected chi connectivity index (χ0v) is 19.6. The van der Waals surface area contributed by atoms with Crippen LogP contribution in [0.3, 0.4) is 0 Å². The van der Waals surface area contributed by atoms with Crippen LogP contribution < -0.4 is 0 Å². The number of aromatic nitrogens is 1. The first kappa shape index (κ1) is 20.4. The van der Waals surface area contributed by atoms with E-state index in [1.807, 2.05) is 13.1 Å². The maximum Gasteiger partial charge on any atom is 0.0868 e. The Balaban J connectivity index is 2.06. The van der Waals surface area contributed by atoms with Gasteiger partial charge in [0.15, 0.2) is 0 Å². The molecular formula is C26H32ClN2O-. The Morgan fingerprint density at radius 3 is 2.53 bits per heavy atom. The highest BCUT2D eigenvalue weighted by atomic mass is 35.5. The molecule has 4 heteroatoms. The third-order valence-corrected chi connectivity index (χ3v) is 9.56. The summed E-state index contributed by atoms with van der Waals surface area (Å²) in [5.74, 6) is -0.0876. The van der Waals surface area contributed by atoms with Crippen molar-refractivity contribution in [2.24, 2.45) is 11.3 Å². The molecule has 0 spiro atoms. The van der Waals surface area contributed by atoms with Crippen molar-refractivity contribution < 1.29 is 5.11 Å². The predicted molar refractivity (Wildman–Crippen MR) is 125 cm³/mol. The molecule has 30 heavy (non-hydrogen) atoms. The molecule has 5 atom stereocenters. The van der Waals surface area contributed by atoms with Crippen molar-refractivity contribution in [2.75, 3.05) is 7.05 Å². The van der Waals surface area contributed by atoms with E-state index in [4.69, 9.17) is 16.9 Å². The third-order valence-electron chi connectivity index (χ3n) is 8.93. The fraction of sp³-hybridized carbons (Fsp3) is 0.538. The van der Waals surface area contributed by atoms with Gasteiger partial charge in [0.1, 0.15) is 0 Å². The Morgan fingerprint density at radius 2 is 1.90 bits per heavy atom. The lowest BCUT2D eigenvalue weighted by Gasteiger charge is -2.72. The summed E-state index contributed by atoms with van der Waals surface area (Å²) in [6.07, 6.45) is 6.96. The Bertz CT molecular complexity index is 1110. The van der Waals surface area contributed by atoms with Crippen LogP contribution in [0.5, 0.6) is 0 Å². The van der Waals surface area contributed by atoms with E-state index in [1.165, 1.54) is 5.56 Å². The van der Waals surface area contributed by atoms with Crippen molar-refractivity contribution in [1.82, 2.24) is 4.98 Å². The minimum atomic E-state index is -1.20. The van der Waals surface area contributed by atoms with Gasteiger partial charge in [-0.15, -0.1) is 18.2 Å². The van der Waals surface area contributed by atoms with Crippen LogP contribution in [0.15, 0.2) is 43.0 Å². The second-order valence-electron chi connectivity index (χ2n) is 10.9. The minimum Gasteiger partial charge on any atom is -0.653 e. The predicted octanol–water partition coefficient (Wildman–Crippen LogP) is 6.06. The number of allylic oxidation sites excluding steroid dienone is 1. The van der Waals surface area contributed by atoms with Crippen LogP contribution in [0.25, 0.3) is 16.2 Å². The molecule has 0 saturated heterocycles. The summed E-state index contributed by atoms with van der Waals surface area (Å²) in [5, 5.41) is 19.0. The molecule has 1 saturated carbocycles. The molecule has 1 aromatic carbocycles. The Morgan fingerprint density at radius 1 is 1.20 bits per heavy atom. The third kappa shape index (κ3) is 1.88. The summed E-state index contributed by atoms with van der Waals surface area (Å²) in [6, 6.07) is 6.46. The van der Waals surface area contributed by atoms with Crippen molar-refractivity contribution in [2.45, 2.75) is 68.4 Å². The lowest BCUT2D eigenvalue weighted by Crippen LogP contribution is -2.71. The Kier molecular flexibility index (Phi) is 3.81. The quantitative estimate of drug-likeness (QED) is 0.448. The number of H-pyrrole nitrogens is 1. The zero-order valence-electron chi connectivity index (χ0n) is 18.8. The van der Waals surface area contributed by atoms with Crippen molar-refractivity contribution in [3.05, 3.63) is 65.1 Å². The lowest BCUT2D eigenvalue weighted by molar-refractivity contribution is -0.145. The van der Waals surface area contributed by atoms with Gasteiger partial charge in [-0.1, -0.05) is 70.5 Å². The largest absolute Gasteiger partial charge is 0.653 e. The van der Waals surface area contributed by atoms with Gasteiger partial charge >= 0.3 is 0 Å². The number of aliphatic hydroxyl groups is 1. The normalized spacial score (nSPS) is 40.3. The number of nitrogens with zero attached hydrogens (tertiary/aromatic N) is 1. The monoisotopic (exact) mass is 423 g/mol. The second-order valence-corrected chi connectivity index (χ2v) is 11.4. The van der Waals surface area contributed by atoms with Gasteiger partial charge in [-0.25, -0.2) is 0 Å². The minimum absolute atomic E-state index is 0.0876. The molecule has 3 aliphatic rings. The fourth-order valence-corrected chi connectivity index (χ4v) is 7.48. The molecule has 0 amide bonds. The number of nitrogens with one attached hydrogen (secondary N) is 1. The van der Waals surface area contributed by atoms with E-state index < -0.39 is 16.6 Å². The smallest absolute Gasteiger partial charge is 0.0868 e. The molecule has 3 aliphatic carbocycles. The van der Waals surface area contributed by atoms with Gasteiger partial charge < -0.3 is 15.4 Å². The number of hydrogen-bond donors (Lipinski definition) is 2. The highest BCUT2D eigenvalue weighted by molar-refractivity contribution is 6.21. The van der Waals surface area contributed by atoms with Gasteiger partial charge in [0.25, 0.3) is 0 Å². The van der Waals surface area contributed by atoms with E-state index in [9.17, 15) is 5.11 Å². The van der Waals surface area contributed by atoms with Crippen molar-refractivity contribution >= 4 is 22.5 Å². The van der Waals surface area contributed by atoms with Gasteiger partial charge in [-0.2, -0.15) is 7.05 Å². The van der Waals surface area contributed by atoms with Gasteiger partial charge in [-0.05, 0) is 28.9 Å². The molecular weight excluding hydrogens is 392 g/mol. The summed E-state index contributed by atoms with van der Waals surface area (Å²) in [7, 11) is 1.82. The topological polar surface area (TPSA) is 50.1 Å². The van der Waals surface area contributed by atoms with E-state index in [-0.39, 0.29) is 22.1 Å². The molecule has 0 radical (unpaired) electrons. The van der Waals surface area contributed by atoms with Crippen molar-refractivity contribution in [1.29, 1.82) is 0 Å². The fourth-order valence-electron chi connectivity index (χ4n) is 7.04. The van der Waals surface area contributed by atoms with Gasteiger partial charge in [0, 0.05) is 38.9 Å². The highest BCUT2D eigenvalue weighted by Crippen LogP contribution is 2.70. The average molecular weight is 424 g/mol. The van der Waals surface area contributed by atoms with E-state index in [0.717, 1.165) is 22.2 Å². The molecule has 160 valence electrons. The summed E-state index contributed by atoms with van der Waals surface area (Å²) < 4.78 is 0. The van der Waals surface area contributed by atoms with Crippen LogP contribution in [-0.2, 0) is 16.4 Å². The summed E-state index contributed by atoms with van der Waals surface area (Å²) in [5.41, 5.74) is 1.17. The number of hydrogen-bond acceptors (Lipinski definition) is 1. The lowest BCUT2D eigenvalue weighted by atomic mass is 9.43. The molecule has 1 fully saturated rings. The first-order chi connectivity index (χ1) is 13.9. The number of likely N-dealkylation sites (N-methyl/N-ethyl adjacent to an activating group) is 1. The van der Waals surface area contributed by atoms with Gasteiger partial charge in [0.05, 0.1) is 5.60 Å². The van der Waals surface area contributed by atoms with Crippen LogP contribution in [0, 0.1) is 11.3 Å². The SMILES string of the molecule is C=C[C@@]1(C)[C@H](Cl)C[C@@H]2C(C)(C)c3cccc4[nH]c5c(c34)[C@@]2(O)[C@]1([N-]C)C=CC5(C)C. The Labute approximate surface area is 184 Å². The summed E-state index contributed by atoms with van der Waals surface area (Å²) in [4.78, 5) is 3.70. The molecule has 0 bridgehead atoms. The number of benzene rings is 1. The van der Waals surface area contributed by atoms with Gasteiger partial charge in [0.2, 0.25) is 0 Å². The standard InChI is InChI=1S/C26H32ClN2O/c1-8-24(6)18(27)14-17-23(4,5)15-10-9-11-16-19(15)20-21(29-16)22(2,3)12-13-25(24,28-7)26(17,20)30/h8-13,17-18,29-30H,1,14H2,2-7H3/q-1/t17-,18-,24+,25+,26-/m1/s1. The summed E-state index contributed by atoms with van der Waals surface area (Å²) >= 11 is 7.14. The first-order valence-corrected chi connectivity index (χ1v) is 11.3. The van der Waals surface area contributed by atoms with E-state index in [0.29, 0.717) is 6.42 Å². The number of halogens is 1. The molecule has 0 unspecified atom stereocenters. The molecule has 0 aliphatic heterocycles. The summed E-state index contributed by atoms with van der Waals surface area (Å²) in [6.45, 7) is 15.2. The van der Waals surface area contributed by atoms with Crippen molar-refractivity contribution in [3.63, 3.8) is 0 Å². The van der Waals surface area contributed by atoms with Crippen LogP contribution in [-0.4, -0.2) is 28.1 Å². The van der Waals surface area contributed by atoms with E-state index in [2.05, 4.69) is 76.5 Å². The molecule has 1 heterocycles. The molecule has 2 N–H and O–H groups in total. The Hall–Kier alpha value is -1.55. The second kappa shape index (κ2) is 5.62. The molecule has 5 rings (SSSR count). The van der Waals surface area contributed by atoms with Crippen LogP contribution in [0.4, 0.5) is 0 Å².